The van der Waals surface area contributed by atoms with Crippen LogP contribution in [0.15, 0.2) is 41.3 Å². The van der Waals surface area contributed by atoms with Crippen LogP contribution >= 0.6 is 23.4 Å². The van der Waals surface area contributed by atoms with Crippen LogP contribution in [-0.2, 0) is 10.0 Å². The number of hydrogen-bond donors (Lipinski definition) is 0. The molecule has 1 fully saturated rings. The Morgan fingerprint density at radius 3 is 2.44 bits per heavy atom. The maximum atomic E-state index is 13.3. The van der Waals surface area contributed by atoms with E-state index in [2.05, 4.69) is 0 Å². The molecule has 7 heteroatoms. The lowest BCUT2D eigenvalue weighted by molar-refractivity contribution is 0.410. The lowest BCUT2D eigenvalue weighted by Crippen LogP contribution is -2.31. The maximum Gasteiger partial charge on any atom is 0.244 e. The van der Waals surface area contributed by atoms with Crippen molar-refractivity contribution in [1.82, 2.24) is 4.31 Å². The smallest absolute Gasteiger partial charge is 0.244 e. The summed E-state index contributed by atoms with van der Waals surface area (Å²) in [7, 11) is -2.01. The van der Waals surface area contributed by atoms with Gasteiger partial charge in [0.25, 0.3) is 0 Å². The van der Waals surface area contributed by atoms with Gasteiger partial charge in [-0.1, -0.05) is 23.7 Å². The molecule has 3 rings (SSSR count). The molecule has 2 aromatic rings. The highest BCUT2D eigenvalue weighted by Gasteiger charge is 2.37. The zero-order valence-electron chi connectivity index (χ0n) is 14.3. The molecule has 0 aliphatic carbocycles. The molecule has 134 valence electrons. The van der Waals surface area contributed by atoms with Crippen molar-refractivity contribution in [2.45, 2.75) is 24.1 Å². The van der Waals surface area contributed by atoms with Crippen LogP contribution in [0, 0.1) is 13.8 Å². The predicted molar refractivity (Wildman–Crippen MR) is 103 cm³/mol. The van der Waals surface area contributed by atoms with E-state index in [0.29, 0.717) is 22.2 Å². The number of sulfonamides is 1. The molecule has 0 N–H and O–H groups in total. The number of thioether (sulfide) groups is 1. The van der Waals surface area contributed by atoms with Gasteiger partial charge in [0.05, 0.1) is 17.4 Å². The van der Waals surface area contributed by atoms with Crippen molar-refractivity contribution in [3.8, 4) is 5.75 Å². The Labute approximate surface area is 158 Å². The van der Waals surface area contributed by atoms with E-state index in [1.807, 2.05) is 26.0 Å². The molecule has 1 heterocycles. The summed E-state index contributed by atoms with van der Waals surface area (Å²) in [6.07, 6.45) is 0. The van der Waals surface area contributed by atoms with Crippen molar-refractivity contribution in [3.63, 3.8) is 0 Å². The Hall–Kier alpha value is -1.21. The first kappa shape index (κ1) is 18.6. The molecule has 25 heavy (non-hydrogen) atoms. The van der Waals surface area contributed by atoms with Crippen LogP contribution in [0.25, 0.3) is 0 Å². The lowest BCUT2D eigenvalue weighted by Gasteiger charge is -2.25. The second kappa shape index (κ2) is 7.19. The summed E-state index contributed by atoms with van der Waals surface area (Å²) < 4.78 is 33.5. The van der Waals surface area contributed by atoms with Crippen molar-refractivity contribution >= 4 is 33.4 Å². The first-order valence-corrected chi connectivity index (χ1v) is 10.8. The van der Waals surface area contributed by atoms with Gasteiger partial charge in [-0.25, -0.2) is 8.42 Å². The highest BCUT2D eigenvalue weighted by Crippen LogP contribution is 2.42. The zero-order valence-corrected chi connectivity index (χ0v) is 16.7. The van der Waals surface area contributed by atoms with E-state index >= 15 is 0 Å². The topological polar surface area (TPSA) is 46.6 Å². The van der Waals surface area contributed by atoms with Crippen molar-refractivity contribution in [2.75, 3.05) is 19.4 Å². The number of ether oxygens (including phenoxy) is 1. The Balaban J connectivity index is 2.02. The van der Waals surface area contributed by atoms with Gasteiger partial charge in [0, 0.05) is 17.3 Å². The van der Waals surface area contributed by atoms with Gasteiger partial charge in [-0.15, -0.1) is 11.8 Å². The van der Waals surface area contributed by atoms with Gasteiger partial charge >= 0.3 is 0 Å². The molecule has 1 aliphatic rings. The van der Waals surface area contributed by atoms with E-state index in [-0.39, 0.29) is 5.37 Å². The molecular formula is C18H20ClNO3S2. The molecular weight excluding hydrogens is 378 g/mol. The predicted octanol–water partition coefficient (Wildman–Crippen LogP) is 4.40. The van der Waals surface area contributed by atoms with Gasteiger partial charge in [0.15, 0.2) is 0 Å². The second-order valence-corrected chi connectivity index (χ2v) is 9.39. The fraction of sp³-hybridized carbons (Fsp3) is 0.333. The van der Waals surface area contributed by atoms with Crippen molar-refractivity contribution in [1.29, 1.82) is 0 Å². The van der Waals surface area contributed by atoms with E-state index < -0.39 is 10.0 Å². The molecule has 0 spiro atoms. The Kier molecular flexibility index (Phi) is 5.34. The number of methoxy groups -OCH3 is 1. The second-order valence-electron chi connectivity index (χ2n) is 5.91. The minimum atomic E-state index is -3.60. The third kappa shape index (κ3) is 3.40. The minimum Gasteiger partial charge on any atom is -0.496 e. The standard InChI is InChI=1S/C18H20ClNO3S2/c1-12-13(2)17(9-8-16(12)23-3)25(21,22)20-10-11-24-18(20)14-4-6-15(19)7-5-14/h4-9,18H,10-11H2,1-3H3. The van der Waals surface area contributed by atoms with E-state index in [4.69, 9.17) is 16.3 Å². The van der Waals surface area contributed by atoms with Crippen LogP contribution in [0.4, 0.5) is 0 Å². The van der Waals surface area contributed by atoms with Crippen LogP contribution in [0.2, 0.25) is 5.02 Å². The average molecular weight is 398 g/mol. The summed E-state index contributed by atoms with van der Waals surface area (Å²) in [5, 5.41) is 0.409. The molecule has 0 radical (unpaired) electrons. The van der Waals surface area contributed by atoms with E-state index in [1.54, 1.807) is 47.4 Å². The SMILES string of the molecule is COc1ccc(S(=O)(=O)N2CCSC2c2ccc(Cl)cc2)c(C)c1C. The first-order valence-electron chi connectivity index (χ1n) is 7.89. The molecule has 4 nitrogen and oxygen atoms in total. The highest BCUT2D eigenvalue weighted by molar-refractivity contribution is 8.01. The maximum absolute atomic E-state index is 13.3. The van der Waals surface area contributed by atoms with E-state index in [9.17, 15) is 8.42 Å². The Morgan fingerprint density at radius 2 is 1.80 bits per heavy atom. The highest BCUT2D eigenvalue weighted by atomic mass is 35.5. The van der Waals surface area contributed by atoms with E-state index in [1.165, 1.54) is 0 Å². The fourth-order valence-corrected chi connectivity index (χ4v) is 6.64. The Morgan fingerprint density at radius 1 is 1.12 bits per heavy atom. The quantitative estimate of drug-likeness (QED) is 0.767. The number of hydrogen-bond acceptors (Lipinski definition) is 4. The molecule has 2 aromatic carbocycles. The molecule has 1 atom stereocenters. The molecule has 0 saturated carbocycles. The summed E-state index contributed by atoms with van der Waals surface area (Å²) in [5.41, 5.74) is 2.52. The molecule has 0 amide bonds. The molecule has 1 unspecified atom stereocenters. The Bertz CT molecular complexity index is 882. The van der Waals surface area contributed by atoms with Crippen LogP contribution in [0.3, 0.4) is 0 Å². The van der Waals surface area contributed by atoms with Crippen LogP contribution < -0.4 is 4.74 Å². The van der Waals surface area contributed by atoms with Crippen molar-refractivity contribution in [3.05, 3.63) is 58.1 Å². The molecule has 0 aromatic heterocycles. The summed E-state index contributed by atoms with van der Waals surface area (Å²) in [5.74, 6) is 1.46. The number of rotatable bonds is 4. The summed E-state index contributed by atoms with van der Waals surface area (Å²) in [4.78, 5) is 0.340. The van der Waals surface area contributed by atoms with Gasteiger partial charge in [-0.2, -0.15) is 4.31 Å². The van der Waals surface area contributed by atoms with Gasteiger partial charge < -0.3 is 4.74 Å². The van der Waals surface area contributed by atoms with Gasteiger partial charge in [-0.05, 0) is 54.8 Å². The van der Waals surface area contributed by atoms with Crippen LogP contribution in [0.1, 0.15) is 22.1 Å². The van der Waals surface area contributed by atoms with Gasteiger partial charge in [0.1, 0.15) is 5.75 Å². The summed E-state index contributed by atoms with van der Waals surface area (Å²) in [6.45, 7) is 4.19. The first-order chi connectivity index (χ1) is 11.9. The summed E-state index contributed by atoms with van der Waals surface area (Å²) >= 11 is 7.58. The normalized spacial score (nSPS) is 18.5. The summed E-state index contributed by atoms with van der Waals surface area (Å²) in [6, 6.07) is 10.7. The number of nitrogens with zero attached hydrogens (tertiary/aromatic N) is 1. The van der Waals surface area contributed by atoms with E-state index in [0.717, 1.165) is 22.4 Å². The zero-order chi connectivity index (χ0) is 18.2. The third-order valence-electron chi connectivity index (χ3n) is 4.50. The number of benzene rings is 2. The molecule has 1 aliphatic heterocycles. The van der Waals surface area contributed by atoms with Gasteiger partial charge in [0.2, 0.25) is 10.0 Å². The monoisotopic (exact) mass is 397 g/mol. The van der Waals surface area contributed by atoms with Crippen LogP contribution in [0.5, 0.6) is 5.75 Å². The van der Waals surface area contributed by atoms with Crippen molar-refractivity contribution < 1.29 is 13.2 Å². The molecule has 0 bridgehead atoms. The lowest BCUT2D eigenvalue weighted by atomic mass is 10.1. The third-order valence-corrected chi connectivity index (χ3v) is 8.15. The fourth-order valence-electron chi connectivity index (χ4n) is 2.99. The van der Waals surface area contributed by atoms with Crippen molar-refractivity contribution in [2.24, 2.45) is 0 Å². The number of halogens is 1. The largest absolute Gasteiger partial charge is 0.496 e. The molecule has 1 saturated heterocycles. The van der Waals surface area contributed by atoms with Gasteiger partial charge in [-0.3, -0.25) is 0 Å². The average Bonchev–Trinajstić information content (AvgIpc) is 3.08. The van der Waals surface area contributed by atoms with Crippen LogP contribution in [-0.4, -0.2) is 32.1 Å². The minimum absolute atomic E-state index is 0.232.